The fourth-order valence-corrected chi connectivity index (χ4v) is 5.15. The molecule has 1 fully saturated rings. The summed E-state index contributed by atoms with van der Waals surface area (Å²) in [7, 11) is -4.13. The fraction of sp³-hybridized carbons (Fsp3) is 0.400. The summed E-state index contributed by atoms with van der Waals surface area (Å²) < 4.78 is 85.3. The first kappa shape index (κ1) is 26.9. The summed E-state index contributed by atoms with van der Waals surface area (Å²) in [4.78, 5) is 14.0. The lowest BCUT2D eigenvalue weighted by atomic mass is 9.84. The van der Waals surface area contributed by atoms with Crippen LogP contribution in [-0.2, 0) is 14.8 Å². The minimum absolute atomic E-state index is 0.0757. The largest absolute Gasteiger partial charge is 0.516 e. The number of sulfonamides is 1. The number of amides is 1. The zero-order valence-corrected chi connectivity index (χ0v) is 21.2. The topological polar surface area (TPSA) is 87.7 Å². The van der Waals surface area contributed by atoms with Crippen LogP contribution in [0.2, 0.25) is 0 Å². The highest BCUT2D eigenvalue weighted by molar-refractivity contribution is 7.93. The number of hydrogen-bond acceptors (Lipinski definition) is 5. The third kappa shape index (κ3) is 5.17. The number of likely N-dealkylation sites (N-methyl/N-ethyl adjacent to an activating group) is 1. The van der Waals surface area contributed by atoms with Crippen molar-refractivity contribution in [3.8, 4) is 11.5 Å². The Bertz CT molecular complexity index is 1340. The molecule has 12 heteroatoms. The molecule has 1 saturated heterocycles. The van der Waals surface area contributed by atoms with Crippen LogP contribution in [0.5, 0.6) is 11.5 Å². The van der Waals surface area contributed by atoms with Gasteiger partial charge >= 0.3 is 15.5 Å². The summed E-state index contributed by atoms with van der Waals surface area (Å²) in [6.07, 6.45) is 2.81. The molecular formula is C25H27F4N3O4S. The number of anilines is 1. The van der Waals surface area contributed by atoms with Crippen LogP contribution in [0.3, 0.4) is 0 Å². The lowest BCUT2D eigenvalue weighted by Crippen LogP contribution is -2.46. The average molecular weight is 542 g/mol. The number of rotatable bonds is 7. The third-order valence-corrected chi connectivity index (χ3v) is 7.89. The zero-order chi connectivity index (χ0) is 27.1. The first-order valence-corrected chi connectivity index (χ1v) is 13.2. The molecule has 2 aromatic rings. The molecular weight excluding hydrogens is 514 g/mol. The van der Waals surface area contributed by atoms with Crippen LogP contribution in [0.25, 0.3) is 5.57 Å². The molecule has 0 saturated carbocycles. The molecule has 37 heavy (non-hydrogen) atoms. The van der Waals surface area contributed by atoms with Gasteiger partial charge in [0, 0.05) is 30.4 Å². The Balaban J connectivity index is 1.82. The second kappa shape index (κ2) is 9.97. The van der Waals surface area contributed by atoms with Gasteiger partial charge in [-0.15, -0.1) is 0 Å². The van der Waals surface area contributed by atoms with Crippen LogP contribution in [0.4, 0.5) is 23.2 Å². The van der Waals surface area contributed by atoms with Crippen LogP contribution in [0.1, 0.15) is 43.7 Å². The van der Waals surface area contributed by atoms with E-state index in [2.05, 4.69) is 5.32 Å². The van der Waals surface area contributed by atoms with E-state index in [9.17, 15) is 26.4 Å². The molecule has 2 aromatic carbocycles. The molecule has 4 rings (SSSR count). The van der Waals surface area contributed by atoms with Gasteiger partial charge in [-0.2, -0.15) is 21.6 Å². The summed E-state index contributed by atoms with van der Waals surface area (Å²) in [5.74, 6) is -1.12. The van der Waals surface area contributed by atoms with Gasteiger partial charge in [0.25, 0.3) is 0 Å². The Hall–Kier alpha value is -3.12. The molecule has 200 valence electrons. The van der Waals surface area contributed by atoms with Crippen molar-refractivity contribution < 1.29 is 35.5 Å². The van der Waals surface area contributed by atoms with Gasteiger partial charge in [-0.3, -0.25) is 9.52 Å². The second-order valence-corrected chi connectivity index (χ2v) is 10.9. The quantitative estimate of drug-likeness (QED) is 0.472. The molecule has 2 heterocycles. The number of benzene rings is 2. The first-order chi connectivity index (χ1) is 17.3. The lowest BCUT2D eigenvalue weighted by molar-refractivity contribution is -0.130. The Morgan fingerprint density at radius 2 is 1.95 bits per heavy atom. The number of carbonyl (C=O) groups excluding carboxylic acids is 1. The predicted molar refractivity (Wildman–Crippen MR) is 131 cm³/mol. The number of nitrogens with one attached hydrogen (secondary N) is 2. The van der Waals surface area contributed by atoms with E-state index in [1.165, 1.54) is 23.1 Å². The maximum atomic E-state index is 15.3. The van der Waals surface area contributed by atoms with Crippen LogP contribution < -0.4 is 14.8 Å². The second-order valence-electron chi connectivity index (χ2n) is 9.19. The number of fused-ring (bicyclic) bond motifs is 1. The molecule has 3 unspecified atom stereocenters. The molecule has 0 radical (unpaired) electrons. The number of alkyl halides is 3. The monoisotopic (exact) mass is 541 g/mol. The van der Waals surface area contributed by atoms with Gasteiger partial charge in [0.2, 0.25) is 5.91 Å². The Morgan fingerprint density at radius 1 is 1.22 bits per heavy atom. The Labute approximate surface area is 212 Å². The minimum atomic E-state index is -5.68. The molecule has 2 aliphatic heterocycles. The summed E-state index contributed by atoms with van der Waals surface area (Å²) >= 11 is 0. The van der Waals surface area contributed by atoms with E-state index in [0.717, 1.165) is 6.07 Å². The number of halogens is 4. The van der Waals surface area contributed by atoms with E-state index in [-0.39, 0.29) is 40.5 Å². The molecule has 2 aliphatic rings. The summed E-state index contributed by atoms with van der Waals surface area (Å²) in [6.45, 7) is 4.34. The van der Waals surface area contributed by atoms with Gasteiger partial charge in [0.15, 0.2) is 11.6 Å². The standard InChI is InChI=1S/C25H27F4N3O4S/c1-4-14(2)16-6-5-7-21(22(16)26)36-20-9-8-15(31-37(34,35)25(27,28)29)12-18(20)19-13-32(3)24(33)23-17(19)10-11-30-23/h5-9,12-14,17,23,30-31H,4,10-11H2,1-3H3. The highest BCUT2D eigenvalue weighted by Crippen LogP contribution is 2.43. The molecule has 0 bridgehead atoms. The fourth-order valence-electron chi connectivity index (χ4n) is 4.60. The molecule has 0 aliphatic carbocycles. The maximum Gasteiger partial charge on any atom is 0.516 e. The van der Waals surface area contributed by atoms with E-state index < -0.39 is 27.4 Å². The van der Waals surface area contributed by atoms with E-state index in [1.54, 1.807) is 30.1 Å². The maximum absolute atomic E-state index is 15.3. The smallest absolute Gasteiger partial charge is 0.454 e. The molecule has 1 amide bonds. The number of nitrogens with zero attached hydrogens (tertiary/aromatic N) is 1. The van der Waals surface area contributed by atoms with Gasteiger partial charge in [-0.25, -0.2) is 4.39 Å². The van der Waals surface area contributed by atoms with Crippen LogP contribution in [0, 0.1) is 11.7 Å². The number of hydrogen-bond donors (Lipinski definition) is 2. The van der Waals surface area contributed by atoms with Crippen molar-refractivity contribution in [2.75, 3.05) is 18.3 Å². The van der Waals surface area contributed by atoms with E-state index >= 15 is 4.39 Å². The molecule has 7 nitrogen and oxygen atoms in total. The van der Waals surface area contributed by atoms with E-state index in [0.29, 0.717) is 30.5 Å². The van der Waals surface area contributed by atoms with Crippen LogP contribution >= 0.6 is 0 Å². The minimum Gasteiger partial charge on any atom is -0.454 e. The number of carbonyl (C=O) groups is 1. The lowest BCUT2D eigenvalue weighted by Gasteiger charge is -2.32. The van der Waals surface area contributed by atoms with Gasteiger partial charge in [-0.05, 0) is 60.7 Å². The molecule has 0 spiro atoms. The third-order valence-electron chi connectivity index (χ3n) is 6.77. The molecule has 0 aromatic heterocycles. The summed E-state index contributed by atoms with van der Waals surface area (Å²) in [5.41, 5.74) is -4.61. The average Bonchev–Trinajstić information content (AvgIpc) is 3.32. The highest BCUT2D eigenvalue weighted by Gasteiger charge is 2.46. The highest BCUT2D eigenvalue weighted by atomic mass is 32.2. The van der Waals surface area contributed by atoms with Crippen molar-refractivity contribution in [3.05, 3.63) is 59.5 Å². The van der Waals surface area contributed by atoms with Crippen LogP contribution in [0.15, 0.2) is 42.6 Å². The Kier molecular flexibility index (Phi) is 7.26. The normalized spacial score (nSPS) is 20.9. The van der Waals surface area contributed by atoms with Crippen molar-refractivity contribution in [1.29, 1.82) is 0 Å². The SMILES string of the molecule is CCC(C)c1cccc(Oc2ccc(NS(=O)(=O)C(F)(F)F)cc2C2=CN(C)C(=O)C3NCCC23)c1F. The van der Waals surface area contributed by atoms with Gasteiger partial charge in [-0.1, -0.05) is 26.0 Å². The molecule has 2 N–H and O–H groups in total. The van der Waals surface area contributed by atoms with Crippen molar-refractivity contribution in [1.82, 2.24) is 10.2 Å². The predicted octanol–water partition coefficient (Wildman–Crippen LogP) is 5.18. The zero-order valence-electron chi connectivity index (χ0n) is 20.4. The Morgan fingerprint density at radius 3 is 2.62 bits per heavy atom. The number of ether oxygens (including phenoxy) is 1. The van der Waals surface area contributed by atoms with Gasteiger partial charge < -0.3 is 15.0 Å². The van der Waals surface area contributed by atoms with E-state index in [1.807, 2.05) is 13.8 Å². The summed E-state index contributed by atoms with van der Waals surface area (Å²) in [5, 5.41) is 3.12. The van der Waals surface area contributed by atoms with Crippen molar-refractivity contribution in [3.63, 3.8) is 0 Å². The first-order valence-electron chi connectivity index (χ1n) is 11.8. The van der Waals surface area contributed by atoms with Gasteiger partial charge in [0.1, 0.15) is 5.75 Å². The van der Waals surface area contributed by atoms with Crippen molar-refractivity contribution in [2.45, 2.75) is 44.2 Å². The van der Waals surface area contributed by atoms with Crippen molar-refractivity contribution in [2.24, 2.45) is 5.92 Å². The van der Waals surface area contributed by atoms with Crippen LogP contribution in [-0.4, -0.2) is 44.4 Å². The van der Waals surface area contributed by atoms with E-state index in [4.69, 9.17) is 4.74 Å². The summed E-state index contributed by atoms with van der Waals surface area (Å²) in [6, 6.07) is 7.80. The molecule has 3 atom stereocenters. The van der Waals surface area contributed by atoms with Gasteiger partial charge in [0.05, 0.1) is 6.04 Å². The van der Waals surface area contributed by atoms with Crippen molar-refractivity contribution >= 4 is 27.2 Å².